The molecule has 1 heterocycles. The molecule has 1 fully saturated rings. The molecular weight excluding hydrogens is 212 g/mol. The lowest BCUT2D eigenvalue weighted by molar-refractivity contribution is -0.133. The monoisotopic (exact) mass is 240 g/mol. The Balaban J connectivity index is 2.71. The highest BCUT2D eigenvalue weighted by Crippen LogP contribution is 2.23. The van der Waals surface area contributed by atoms with E-state index in [1.807, 2.05) is 0 Å². The number of nitrogens with one attached hydrogen (secondary N) is 1. The van der Waals surface area contributed by atoms with Crippen molar-refractivity contribution in [3.63, 3.8) is 0 Å². The van der Waals surface area contributed by atoms with Gasteiger partial charge < -0.3 is 4.90 Å². The Morgan fingerprint density at radius 2 is 1.94 bits per heavy atom. The second kappa shape index (κ2) is 6.39. The molecule has 1 rings (SSSR count). The van der Waals surface area contributed by atoms with Gasteiger partial charge in [0, 0.05) is 6.04 Å². The molecule has 0 aromatic rings. The van der Waals surface area contributed by atoms with Crippen molar-refractivity contribution >= 4 is 5.91 Å². The van der Waals surface area contributed by atoms with E-state index in [1.165, 1.54) is 0 Å². The molecule has 3 heteroatoms. The molecule has 1 N–H and O–H groups in total. The van der Waals surface area contributed by atoms with Crippen LogP contribution in [0.5, 0.6) is 0 Å². The summed E-state index contributed by atoms with van der Waals surface area (Å²) in [4.78, 5) is 14.5. The van der Waals surface area contributed by atoms with Crippen LogP contribution in [0.1, 0.15) is 60.3 Å². The normalized spacial score (nSPS) is 26.9. The summed E-state index contributed by atoms with van der Waals surface area (Å²) in [7, 11) is 0. The van der Waals surface area contributed by atoms with Gasteiger partial charge in [-0.25, -0.2) is 0 Å². The van der Waals surface area contributed by atoms with Gasteiger partial charge in [0.1, 0.15) is 0 Å². The molecule has 0 saturated carbocycles. The molecule has 0 bridgehead atoms. The van der Waals surface area contributed by atoms with E-state index < -0.39 is 0 Å². The predicted octanol–water partition coefficient (Wildman–Crippen LogP) is 2.76. The van der Waals surface area contributed by atoms with E-state index in [-0.39, 0.29) is 12.2 Å². The zero-order valence-corrected chi connectivity index (χ0v) is 12.0. The first kappa shape index (κ1) is 14.5. The molecule has 3 unspecified atom stereocenters. The lowest BCUT2D eigenvalue weighted by Gasteiger charge is -2.32. The van der Waals surface area contributed by atoms with Crippen LogP contribution in [0.4, 0.5) is 0 Å². The molecule has 0 aliphatic carbocycles. The lowest BCUT2D eigenvalue weighted by atomic mass is 10.0. The largest absolute Gasteiger partial charge is 0.323 e. The number of nitrogens with zero attached hydrogens (tertiary/aromatic N) is 1. The van der Waals surface area contributed by atoms with Crippen molar-refractivity contribution in [3.8, 4) is 0 Å². The summed E-state index contributed by atoms with van der Waals surface area (Å²) in [6, 6.07) is 0.382. The highest BCUT2D eigenvalue weighted by molar-refractivity contribution is 5.84. The SMILES string of the molecule is CCCCC1NC(CC)N(C(C)C(C)C)C1=O. The van der Waals surface area contributed by atoms with Gasteiger partial charge in [0.2, 0.25) is 5.91 Å². The average molecular weight is 240 g/mol. The number of carbonyl (C=O) groups is 1. The molecule has 1 amide bonds. The van der Waals surface area contributed by atoms with Crippen LogP contribution in [0, 0.1) is 5.92 Å². The first-order chi connectivity index (χ1) is 8.02. The van der Waals surface area contributed by atoms with Gasteiger partial charge >= 0.3 is 0 Å². The first-order valence-corrected chi connectivity index (χ1v) is 7.11. The zero-order valence-electron chi connectivity index (χ0n) is 12.0. The maximum Gasteiger partial charge on any atom is 0.241 e. The minimum Gasteiger partial charge on any atom is -0.323 e. The molecule has 1 aliphatic rings. The van der Waals surface area contributed by atoms with Gasteiger partial charge in [-0.15, -0.1) is 0 Å². The number of hydrogen-bond acceptors (Lipinski definition) is 2. The van der Waals surface area contributed by atoms with Crippen LogP contribution < -0.4 is 5.32 Å². The minimum absolute atomic E-state index is 0.0566. The second-order valence-corrected chi connectivity index (χ2v) is 5.52. The molecule has 0 aromatic carbocycles. The molecule has 0 radical (unpaired) electrons. The third kappa shape index (κ3) is 3.21. The number of carbonyl (C=O) groups excluding carboxylic acids is 1. The third-order valence-electron chi connectivity index (χ3n) is 3.92. The van der Waals surface area contributed by atoms with Crippen LogP contribution in [0.3, 0.4) is 0 Å². The van der Waals surface area contributed by atoms with Crippen LogP contribution >= 0.6 is 0 Å². The zero-order chi connectivity index (χ0) is 13.0. The van der Waals surface area contributed by atoms with Crippen LogP contribution in [-0.4, -0.2) is 29.1 Å². The number of unbranched alkanes of at least 4 members (excludes halogenated alkanes) is 1. The topological polar surface area (TPSA) is 32.3 Å². The van der Waals surface area contributed by atoms with Crippen LogP contribution in [0.25, 0.3) is 0 Å². The highest BCUT2D eigenvalue weighted by atomic mass is 16.2. The van der Waals surface area contributed by atoms with Crippen molar-refractivity contribution in [2.24, 2.45) is 5.92 Å². The Hall–Kier alpha value is -0.570. The molecule has 100 valence electrons. The van der Waals surface area contributed by atoms with E-state index in [2.05, 4.69) is 44.8 Å². The summed E-state index contributed by atoms with van der Waals surface area (Å²) in [6.07, 6.45) is 4.49. The van der Waals surface area contributed by atoms with Gasteiger partial charge in [0.05, 0.1) is 12.2 Å². The molecule has 17 heavy (non-hydrogen) atoms. The molecule has 3 atom stereocenters. The highest BCUT2D eigenvalue weighted by Gasteiger charge is 2.40. The first-order valence-electron chi connectivity index (χ1n) is 7.11. The van der Waals surface area contributed by atoms with Gasteiger partial charge in [-0.1, -0.05) is 40.5 Å². The van der Waals surface area contributed by atoms with Gasteiger partial charge in [0.25, 0.3) is 0 Å². The predicted molar refractivity (Wildman–Crippen MR) is 71.7 cm³/mol. The minimum atomic E-state index is 0.0566. The van der Waals surface area contributed by atoms with Gasteiger partial charge in [-0.05, 0) is 25.7 Å². The van der Waals surface area contributed by atoms with Crippen LogP contribution in [0.15, 0.2) is 0 Å². The van der Waals surface area contributed by atoms with E-state index in [0.29, 0.717) is 17.9 Å². The summed E-state index contributed by atoms with van der Waals surface area (Å²) in [5, 5.41) is 3.49. The van der Waals surface area contributed by atoms with Crippen molar-refractivity contribution in [2.75, 3.05) is 0 Å². The van der Waals surface area contributed by atoms with Gasteiger partial charge in [0.15, 0.2) is 0 Å². The Morgan fingerprint density at radius 1 is 1.29 bits per heavy atom. The summed E-state index contributed by atoms with van der Waals surface area (Å²) >= 11 is 0. The molecule has 3 nitrogen and oxygen atoms in total. The quantitative estimate of drug-likeness (QED) is 0.774. The van der Waals surface area contributed by atoms with Gasteiger partial charge in [-0.3, -0.25) is 10.1 Å². The average Bonchev–Trinajstić information content (AvgIpc) is 2.62. The van der Waals surface area contributed by atoms with E-state index in [0.717, 1.165) is 25.7 Å². The smallest absolute Gasteiger partial charge is 0.241 e. The second-order valence-electron chi connectivity index (χ2n) is 5.52. The van der Waals surface area contributed by atoms with Crippen molar-refractivity contribution in [1.29, 1.82) is 0 Å². The van der Waals surface area contributed by atoms with E-state index >= 15 is 0 Å². The molecule has 0 spiro atoms. The fourth-order valence-corrected chi connectivity index (χ4v) is 2.45. The fourth-order valence-electron chi connectivity index (χ4n) is 2.45. The molecular formula is C14H28N2O. The third-order valence-corrected chi connectivity index (χ3v) is 3.92. The number of hydrogen-bond donors (Lipinski definition) is 1. The van der Waals surface area contributed by atoms with E-state index in [4.69, 9.17) is 0 Å². The van der Waals surface area contributed by atoms with Crippen LogP contribution in [-0.2, 0) is 4.79 Å². The molecule has 1 aliphatic heterocycles. The Labute approximate surface area is 106 Å². The van der Waals surface area contributed by atoms with Crippen molar-refractivity contribution in [3.05, 3.63) is 0 Å². The van der Waals surface area contributed by atoms with Crippen molar-refractivity contribution in [1.82, 2.24) is 10.2 Å². The maximum absolute atomic E-state index is 12.4. The number of amides is 1. The summed E-state index contributed by atoms with van der Waals surface area (Å²) in [5.41, 5.74) is 0. The summed E-state index contributed by atoms with van der Waals surface area (Å²) < 4.78 is 0. The summed E-state index contributed by atoms with van der Waals surface area (Å²) in [5.74, 6) is 0.825. The number of rotatable bonds is 6. The standard InChI is InChI=1S/C14H28N2O/c1-6-8-9-12-14(17)16(11(5)10(3)4)13(7-2)15-12/h10-13,15H,6-9H2,1-5H3. The van der Waals surface area contributed by atoms with E-state index in [9.17, 15) is 4.79 Å². The lowest BCUT2D eigenvalue weighted by Crippen LogP contribution is -2.45. The van der Waals surface area contributed by atoms with E-state index in [1.54, 1.807) is 0 Å². The van der Waals surface area contributed by atoms with Crippen molar-refractivity contribution in [2.45, 2.75) is 78.6 Å². The Kier molecular flexibility index (Phi) is 5.44. The fraction of sp³-hybridized carbons (Fsp3) is 0.929. The van der Waals surface area contributed by atoms with Crippen molar-refractivity contribution < 1.29 is 4.79 Å². The molecule has 0 aromatic heterocycles. The molecule has 1 saturated heterocycles. The maximum atomic E-state index is 12.4. The van der Waals surface area contributed by atoms with Crippen LogP contribution in [0.2, 0.25) is 0 Å². The Morgan fingerprint density at radius 3 is 2.41 bits per heavy atom. The summed E-state index contributed by atoms with van der Waals surface area (Å²) in [6.45, 7) is 10.8. The Bertz CT molecular complexity index is 253. The van der Waals surface area contributed by atoms with Gasteiger partial charge in [-0.2, -0.15) is 0 Å².